The zero-order valence-corrected chi connectivity index (χ0v) is 11.7. The lowest BCUT2D eigenvalue weighted by atomic mass is 10.0. The molecule has 2 aromatic carbocycles. The molecular weight excluding hydrogens is 270 g/mol. The smallest absolute Gasteiger partial charge is 0.163 e. The summed E-state index contributed by atoms with van der Waals surface area (Å²) >= 11 is 0. The fourth-order valence-corrected chi connectivity index (χ4v) is 2.77. The second kappa shape index (κ2) is 6.33. The number of nitrogens with one attached hydrogen (secondary N) is 1. The Morgan fingerprint density at radius 2 is 1.86 bits per heavy atom. The Hall–Kier alpha value is -1.78. The molecule has 0 bridgehead atoms. The van der Waals surface area contributed by atoms with Crippen molar-refractivity contribution in [1.82, 2.24) is 10.2 Å². The van der Waals surface area contributed by atoms with E-state index in [4.69, 9.17) is 0 Å². The number of hydrogen-bond acceptors (Lipinski definition) is 2. The van der Waals surface area contributed by atoms with Crippen molar-refractivity contribution >= 4 is 0 Å². The molecule has 110 valence electrons. The molecule has 2 aromatic rings. The molecule has 4 heteroatoms. The summed E-state index contributed by atoms with van der Waals surface area (Å²) in [6.45, 7) is 2.91. The van der Waals surface area contributed by atoms with E-state index in [1.807, 2.05) is 18.2 Å². The van der Waals surface area contributed by atoms with Crippen LogP contribution in [-0.4, -0.2) is 24.5 Å². The maximum absolute atomic E-state index is 13.8. The first-order chi connectivity index (χ1) is 10.2. The first kappa shape index (κ1) is 14.2. The molecule has 1 N–H and O–H groups in total. The molecule has 0 aromatic heterocycles. The Morgan fingerprint density at radius 1 is 1.05 bits per heavy atom. The average molecular weight is 288 g/mol. The highest BCUT2D eigenvalue weighted by Crippen LogP contribution is 2.20. The van der Waals surface area contributed by atoms with Crippen molar-refractivity contribution < 1.29 is 8.78 Å². The van der Waals surface area contributed by atoms with Gasteiger partial charge in [0.2, 0.25) is 0 Å². The van der Waals surface area contributed by atoms with E-state index in [0.29, 0.717) is 12.1 Å². The zero-order valence-electron chi connectivity index (χ0n) is 11.7. The van der Waals surface area contributed by atoms with E-state index in [1.54, 1.807) is 12.1 Å². The lowest BCUT2D eigenvalue weighted by molar-refractivity contribution is 0.190. The standard InChI is InChI=1S/C17H18F2N2/c18-15-8-4-7-14(17(15)19)11-21-10-9-20-16(12-21)13-5-2-1-3-6-13/h1-8,16,20H,9-12H2. The minimum atomic E-state index is -0.776. The number of halogens is 2. The predicted molar refractivity (Wildman–Crippen MR) is 78.8 cm³/mol. The third-order valence-electron chi connectivity index (χ3n) is 3.89. The van der Waals surface area contributed by atoms with Crippen LogP contribution in [0.25, 0.3) is 0 Å². The highest BCUT2D eigenvalue weighted by Gasteiger charge is 2.21. The molecule has 1 aliphatic heterocycles. The van der Waals surface area contributed by atoms with Crippen molar-refractivity contribution in [3.8, 4) is 0 Å². The zero-order chi connectivity index (χ0) is 14.7. The van der Waals surface area contributed by atoms with Gasteiger partial charge in [-0.2, -0.15) is 0 Å². The quantitative estimate of drug-likeness (QED) is 0.933. The van der Waals surface area contributed by atoms with Crippen LogP contribution < -0.4 is 5.32 Å². The van der Waals surface area contributed by atoms with Gasteiger partial charge in [0.15, 0.2) is 11.6 Å². The molecule has 1 atom stereocenters. The summed E-state index contributed by atoms with van der Waals surface area (Å²) in [5.74, 6) is -1.51. The van der Waals surface area contributed by atoms with Crippen LogP contribution in [0.4, 0.5) is 8.78 Å². The predicted octanol–water partition coefficient (Wildman–Crippen LogP) is 3.11. The van der Waals surface area contributed by atoms with E-state index >= 15 is 0 Å². The maximum atomic E-state index is 13.8. The molecule has 1 saturated heterocycles. The van der Waals surface area contributed by atoms with Gasteiger partial charge in [-0.15, -0.1) is 0 Å². The summed E-state index contributed by atoms with van der Waals surface area (Å²) < 4.78 is 27.0. The number of nitrogens with zero attached hydrogens (tertiary/aromatic N) is 1. The van der Waals surface area contributed by atoms with Crippen LogP contribution in [-0.2, 0) is 6.54 Å². The number of hydrogen-bond donors (Lipinski definition) is 1. The van der Waals surface area contributed by atoms with Gasteiger partial charge in [0, 0.05) is 37.8 Å². The second-order valence-corrected chi connectivity index (χ2v) is 5.37. The van der Waals surface area contributed by atoms with Crippen molar-refractivity contribution in [3.05, 3.63) is 71.3 Å². The van der Waals surface area contributed by atoms with Crippen molar-refractivity contribution in [2.24, 2.45) is 0 Å². The van der Waals surface area contributed by atoms with Crippen molar-refractivity contribution in [1.29, 1.82) is 0 Å². The van der Waals surface area contributed by atoms with E-state index in [0.717, 1.165) is 25.7 Å². The first-order valence-electron chi connectivity index (χ1n) is 7.17. The summed E-state index contributed by atoms with van der Waals surface area (Å²) in [6, 6.07) is 14.8. The van der Waals surface area contributed by atoms with E-state index in [2.05, 4.69) is 22.3 Å². The Labute approximate surface area is 123 Å². The Morgan fingerprint density at radius 3 is 2.67 bits per heavy atom. The maximum Gasteiger partial charge on any atom is 0.163 e. The van der Waals surface area contributed by atoms with Gasteiger partial charge in [-0.3, -0.25) is 4.90 Å². The van der Waals surface area contributed by atoms with Gasteiger partial charge >= 0.3 is 0 Å². The molecule has 0 amide bonds. The number of benzene rings is 2. The van der Waals surface area contributed by atoms with Crippen molar-refractivity contribution in [3.63, 3.8) is 0 Å². The van der Waals surface area contributed by atoms with Crippen LogP contribution in [0.2, 0.25) is 0 Å². The molecule has 0 saturated carbocycles. The third kappa shape index (κ3) is 3.28. The normalized spacial score (nSPS) is 19.6. The van der Waals surface area contributed by atoms with Crippen LogP contribution in [0.15, 0.2) is 48.5 Å². The minimum Gasteiger partial charge on any atom is -0.308 e. The summed E-state index contributed by atoms with van der Waals surface area (Å²) in [6.07, 6.45) is 0. The number of rotatable bonds is 3. The topological polar surface area (TPSA) is 15.3 Å². The van der Waals surface area contributed by atoms with Gasteiger partial charge in [0.1, 0.15) is 0 Å². The van der Waals surface area contributed by atoms with Crippen LogP contribution in [0, 0.1) is 11.6 Å². The fourth-order valence-electron chi connectivity index (χ4n) is 2.77. The average Bonchev–Trinajstić information content (AvgIpc) is 2.53. The van der Waals surface area contributed by atoms with Gasteiger partial charge in [-0.1, -0.05) is 42.5 Å². The highest BCUT2D eigenvalue weighted by molar-refractivity contribution is 5.21. The van der Waals surface area contributed by atoms with Gasteiger partial charge in [0.05, 0.1) is 0 Å². The van der Waals surface area contributed by atoms with Crippen LogP contribution >= 0.6 is 0 Å². The van der Waals surface area contributed by atoms with Crippen LogP contribution in [0.5, 0.6) is 0 Å². The lowest BCUT2D eigenvalue weighted by Gasteiger charge is -2.34. The van der Waals surface area contributed by atoms with Crippen molar-refractivity contribution in [2.75, 3.05) is 19.6 Å². The first-order valence-corrected chi connectivity index (χ1v) is 7.17. The summed E-state index contributed by atoms with van der Waals surface area (Å²) in [5, 5.41) is 3.47. The Kier molecular flexibility index (Phi) is 4.27. The molecule has 1 aliphatic rings. The molecular formula is C17H18F2N2. The van der Waals surface area contributed by atoms with Gasteiger partial charge in [0.25, 0.3) is 0 Å². The molecule has 0 radical (unpaired) electrons. The van der Waals surface area contributed by atoms with Gasteiger partial charge in [-0.05, 0) is 11.6 Å². The van der Waals surface area contributed by atoms with E-state index in [9.17, 15) is 8.78 Å². The molecule has 3 rings (SSSR count). The molecule has 21 heavy (non-hydrogen) atoms. The van der Waals surface area contributed by atoms with Gasteiger partial charge in [-0.25, -0.2) is 8.78 Å². The fraction of sp³-hybridized carbons (Fsp3) is 0.294. The third-order valence-corrected chi connectivity index (χ3v) is 3.89. The molecule has 0 spiro atoms. The van der Waals surface area contributed by atoms with Crippen molar-refractivity contribution in [2.45, 2.75) is 12.6 Å². The molecule has 1 fully saturated rings. The summed E-state index contributed by atoms with van der Waals surface area (Å²) in [7, 11) is 0. The Balaban J connectivity index is 1.70. The lowest BCUT2D eigenvalue weighted by Crippen LogP contribution is -2.45. The monoisotopic (exact) mass is 288 g/mol. The SMILES string of the molecule is Fc1cccc(CN2CCNC(c3ccccc3)C2)c1F. The summed E-state index contributed by atoms with van der Waals surface area (Å²) in [4.78, 5) is 2.16. The highest BCUT2D eigenvalue weighted by atomic mass is 19.2. The van der Waals surface area contributed by atoms with E-state index in [1.165, 1.54) is 5.56 Å². The Bertz CT molecular complexity index is 601. The molecule has 1 heterocycles. The largest absolute Gasteiger partial charge is 0.308 e. The molecule has 2 nitrogen and oxygen atoms in total. The molecule has 1 unspecified atom stereocenters. The van der Waals surface area contributed by atoms with Crippen LogP contribution in [0.1, 0.15) is 17.2 Å². The number of piperazine rings is 1. The van der Waals surface area contributed by atoms with Crippen LogP contribution in [0.3, 0.4) is 0 Å². The van der Waals surface area contributed by atoms with E-state index in [-0.39, 0.29) is 6.04 Å². The second-order valence-electron chi connectivity index (χ2n) is 5.37. The summed E-state index contributed by atoms with van der Waals surface area (Å²) in [5.41, 5.74) is 1.64. The molecule has 0 aliphatic carbocycles. The minimum absolute atomic E-state index is 0.233. The van der Waals surface area contributed by atoms with E-state index < -0.39 is 11.6 Å². The van der Waals surface area contributed by atoms with Gasteiger partial charge < -0.3 is 5.32 Å².